The van der Waals surface area contributed by atoms with E-state index in [0.717, 1.165) is 0 Å². The van der Waals surface area contributed by atoms with Crippen LogP contribution in [-0.2, 0) is 0 Å². The van der Waals surface area contributed by atoms with Crippen LogP contribution in [0.25, 0.3) is 130 Å². The summed E-state index contributed by atoms with van der Waals surface area (Å²) in [5, 5.41) is 12.7. The molecule has 0 spiro atoms. The lowest BCUT2D eigenvalue weighted by molar-refractivity contribution is 1.58. The van der Waals surface area contributed by atoms with Gasteiger partial charge in [0.2, 0.25) is 0 Å². The number of rotatable bonds is 6. The molecule has 1 heteroatoms. The van der Waals surface area contributed by atoms with Gasteiger partial charge >= 0.3 is 0 Å². The van der Waals surface area contributed by atoms with Gasteiger partial charge in [-0.15, -0.1) is 11.3 Å². The molecule has 13 rings (SSSR count). The summed E-state index contributed by atoms with van der Waals surface area (Å²) >= 11 is 1.90. The zero-order chi connectivity index (χ0) is 42.8. The molecular formula is C64H40S. The smallest absolute Gasteiger partial charge is 0.0361 e. The zero-order valence-electron chi connectivity index (χ0n) is 35.5. The average Bonchev–Trinajstić information content (AvgIpc) is 3.76. The van der Waals surface area contributed by atoms with E-state index >= 15 is 0 Å². The maximum absolute atomic E-state index is 2.45. The van der Waals surface area contributed by atoms with Gasteiger partial charge < -0.3 is 0 Å². The first-order chi connectivity index (χ1) is 32.3. The third-order valence-corrected chi connectivity index (χ3v) is 14.5. The first-order valence-corrected chi connectivity index (χ1v) is 23.2. The van der Waals surface area contributed by atoms with Crippen LogP contribution in [0.3, 0.4) is 0 Å². The van der Waals surface area contributed by atoms with Crippen molar-refractivity contribution in [2.45, 2.75) is 0 Å². The van der Waals surface area contributed by atoms with Gasteiger partial charge in [0, 0.05) is 20.2 Å². The molecule has 0 saturated carbocycles. The molecule has 65 heavy (non-hydrogen) atoms. The second kappa shape index (κ2) is 15.3. The standard InChI is InChI=1S/C64H40S/c1-4-19-41(20-5-1)45-37-46(42-21-6-2-7-22-42)39-47(38-45)62-52-29-14-16-31-54(52)63(55-32-17-15-30-53(55)62)57-33-18-34-58-64(57)56-36-35-44(40-59(56)65-58)61-50-27-12-10-25-48(50)60(43-23-8-3-9-24-43)49-26-11-13-28-51(49)61/h1-40H. The molecule has 0 fully saturated rings. The first kappa shape index (κ1) is 37.5. The Kier molecular flexibility index (Phi) is 8.82. The van der Waals surface area contributed by atoms with Crippen LogP contribution in [0, 0.1) is 0 Å². The average molecular weight is 841 g/mol. The molecule has 0 atom stereocenters. The highest BCUT2D eigenvalue weighted by molar-refractivity contribution is 7.26. The number of thiophene rings is 1. The van der Waals surface area contributed by atoms with Crippen LogP contribution in [0.5, 0.6) is 0 Å². The molecule has 0 aliphatic heterocycles. The summed E-state index contributed by atoms with van der Waals surface area (Å²) in [5.41, 5.74) is 14.9. The van der Waals surface area contributed by atoms with Crippen molar-refractivity contribution in [3.8, 4) is 66.8 Å². The number of benzene rings is 12. The minimum Gasteiger partial charge on any atom is -0.135 e. The highest BCUT2D eigenvalue weighted by Crippen LogP contribution is 2.50. The molecular weight excluding hydrogens is 801 g/mol. The summed E-state index contributed by atoms with van der Waals surface area (Å²) in [6.45, 7) is 0. The predicted molar refractivity (Wildman–Crippen MR) is 282 cm³/mol. The van der Waals surface area contributed by atoms with E-state index in [1.54, 1.807) is 0 Å². The molecule has 0 amide bonds. The highest BCUT2D eigenvalue weighted by Gasteiger charge is 2.22. The van der Waals surface area contributed by atoms with E-state index in [4.69, 9.17) is 0 Å². The van der Waals surface area contributed by atoms with E-state index in [-0.39, 0.29) is 0 Å². The summed E-state index contributed by atoms with van der Waals surface area (Å²) in [5.74, 6) is 0. The summed E-state index contributed by atoms with van der Waals surface area (Å²) in [6, 6.07) is 89.7. The Morgan fingerprint density at radius 1 is 0.200 bits per heavy atom. The van der Waals surface area contributed by atoms with Crippen LogP contribution in [0.4, 0.5) is 0 Å². The van der Waals surface area contributed by atoms with E-state index in [2.05, 4.69) is 243 Å². The lowest BCUT2D eigenvalue weighted by Crippen LogP contribution is -1.92. The zero-order valence-corrected chi connectivity index (χ0v) is 36.3. The number of fused-ring (bicyclic) bond motifs is 7. The van der Waals surface area contributed by atoms with E-state index in [1.807, 2.05) is 11.3 Å². The van der Waals surface area contributed by atoms with Gasteiger partial charge in [0.1, 0.15) is 0 Å². The summed E-state index contributed by atoms with van der Waals surface area (Å²) in [7, 11) is 0. The first-order valence-electron chi connectivity index (χ1n) is 22.4. The fourth-order valence-corrected chi connectivity index (χ4v) is 11.8. The van der Waals surface area contributed by atoms with Crippen molar-refractivity contribution < 1.29 is 0 Å². The normalized spacial score (nSPS) is 11.7. The van der Waals surface area contributed by atoms with Crippen LogP contribution in [-0.4, -0.2) is 0 Å². The van der Waals surface area contributed by atoms with Crippen molar-refractivity contribution in [2.75, 3.05) is 0 Å². The van der Waals surface area contributed by atoms with Crippen LogP contribution >= 0.6 is 11.3 Å². The Morgan fingerprint density at radius 3 is 1.06 bits per heavy atom. The molecule has 12 aromatic carbocycles. The van der Waals surface area contributed by atoms with Crippen molar-refractivity contribution in [2.24, 2.45) is 0 Å². The van der Waals surface area contributed by atoms with Crippen LogP contribution in [0.1, 0.15) is 0 Å². The minimum absolute atomic E-state index is 1.21. The summed E-state index contributed by atoms with van der Waals surface area (Å²) in [6.07, 6.45) is 0. The molecule has 0 saturated heterocycles. The lowest BCUT2D eigenvalue weighted by atomic mass is 9.83. The van der Waals surface area contributed by atoms with E-state index in [9.17, 15) is 0 Å². The lowest BCUT2D eigenvalue weighted by Gasteiger charge is -2.20. The second-order valence-corrected chi connectivity index (χ2v) is 18.2. The largest absolute Gasteiger partial charge is 0.135 e. The number of hydrogen-bond acceptors (Lipinski definition) is 1. The number of hydrogen-bond donors (Lipinski definition) is 0. The third-order valence-electron chi connectivity index (χ3n) is 13.4. The predicted octanol–water partition coefficient (Wildman–Crippen LogP) is 18.7. The van der Waals surface area contributed by atoms with Gasteiger partial charge in [0.05, 0.1) is 0 Å². The molecule has 0 N–H and O–H groups in total. The van der Waals surface area contributed by atoms with E-state index in [1.165, 1.54) is 130 Å². The van der Waals surface area contributed by atoms with Gasteiger partial charge in [-0.3, -0.25) is 0 Å². The van der Waals surface area contributed by atoms with Crippen molar-refractivity contribution in [1.82, 2.24) is 0 Å². The van der Waals surface area contributed by atoms with Gasteiger partial charge in [-0.25, -0.2) is 0 Å². The highest BCUT2D eigenvalue weighted by atomic mass is 32.1. The summed E-state index contributed by atoms with van der Waals surface area (Å²) in [4.78, 5) is 0. The maximum Gasteiger partial charge on any atom is 0.0361 e. The maximum atomic E-state index is 2.45. The second-order valence-electron chi connectivity index (χ2n) is 17.1. The summed E-state index contributed by atoms with van der Waals surface area (Å²) < 4.78 is 2.59. The molecule has 13 aromatic rings. The molecule has 0 unspecified atom stereocenters. The van der Waals surface area contributed by atoms with Gasteiger partial charge in [-0.05, 0) is 140 Å². The third kappa shape index (κ3) is 6.12. The van der Waals surface area contributed by atoms with Crippen molar-refractivity contribution >= 4 is 74.6 Å². The van der Waals surface area contributed by atoms with Crippen molar-refractivity contribution in [1.29, 1.82) is 0 Å². The van der Waals surface area contributed by atoms with Crippen LogP contribution in [0.2, 0.25) is 0 Å². The Labute approximate surface area is 382 Å². The Balaban J connectivity index is 1.04. The van der Waals surface area contributed by atoms with E-state index in [0.29, 0.717) is 0 Å². The minimum atomic E-state index is 1.21. The molecule has 0 aliphatic carbocycles. The van der Waals surface area contributed by atoms with Gasteiger partial charge in [-0.2, -0.15) is 0 Å². The van der Waals surface area contributed by atoms with Crippen molar-refractivity contribution in [3.63, 3.8) is 0 Å². The van der Waals surface area contributed by atoms with Crippen molar-refractivity contribution in [3.05, 3.63) is 243 Å². The molecule has 0 aliphatic rings. The van der Waals surface area contributed by atoms with E-state index < -0.39 is 0 Å². The molecule has 302 valence electrons. The monoisotopic (exact) mass is 840 g/mol. The fraction of sp³-hybridized carbons (Fsp3) is 0. The SMILES string of the molecule is c1ccc(-c2cc(-c3ccccc3)cc(-c3c4ccccc4c(-c4cccc5sc6cc(-c7c8ccccc8c(-c8ccccc8)c8ccccc78)ccc6c45)c4ccccc34)c2)cc1. The van der Waals surface area contributed by atoms with Gasteiger partial charge in [0.15, 0.2) is 0 Å². The molecule has 1 heterocycles. The molecule has 1 aromatic heterocycles. The Hall–Kier alpha value is -8.10. The Morgan fingerprint density at radius 2 is 0.585 bits per heavy atom. The van der Waals surface area contributed by atoms with Crippen LogP contribution in [0.15, 0.2) is 243 Å². The van der Waals surface area contributed by atoms with Gasteiger partial charge in [0.25, 0.3) is 0 Å². The quantitative estimate of drug-likeness (QED) is 0.146. The molecule has 0 radical (unpaired) electrons. The topological polar surface area (TPSA) is 0 Å². The molecule has 0 bridgehead atoms. The molecule has 0 nitrogen and oxygen atoms in total. The Bertz CT molecular complexity index is 3800. The van der Waals surface area contributed by atoms with Crippen LogP contribution < -0.4 is 0 Å². The van der Waals surface area contributed by atoms with Gasteiger partial charge in [-0.1, -0.05) is 212 Å². The fourth-order valence-electron chi connectivity index (χ4n) is 10.6.